The van der Waals surface area contributed by atoms with Gasteiger partial charge in [-0.25, -0.2) is 4.98 Å². The fraction of sp³-hybridized carbons (Fsp3) is 0.400. The van der Waals surface area contributed by atoms with Crippen LogP contribution in [0.4, 0.5) is 4.39 Å². The third-order valence-electron chi connectivity index (χ3n) is 2.32. The highest BCUT2D eigenvalue weighted by molar-refractivity contribution is 5.94. The highest BCUT2D eigenvalue weighted by Gasteiger charge is 2.39. The van der Waals surface area contributed by atoms with Crippen LogP contribution in [0.3, 0.4) is 0 Å². The van der Waals surface area contributed by atoms with Crippen LogP contribution in [0, 0.1) is 5.95 Å². The molecule has 4 nitrogen and oxygen atoms in total. The lowest BCUT2D eigenvalue weighted by Gasteiger charge is -2.44. The summed E-state index contributed by atoms with van der Waals surface area (Å²) < 4.78 is 12.5. The number of nitrogens with zero attached hydrogens (tertiary/aromatic N) is 2. The molecule has 1 aliphatic rings. The summed E-state index contributed by atoms with van der Waals surface area (Å²) in [5, 5.41) is 9.45. The molecule has 2 heterocycles. The summed E-state index contributed by atoms with van der Waals surface area (Å²) in [4.78, 5) is 16.6. The van der Waals surface area contributed by atoms with Gasteiger partial charge in [-0.15, -0.1) is 0 Å². The van der Waals surface area contributed by atoms with Crippen molar-refractivity contribution in [1.29, 1.82) is 0 Å². The second-order valence-electron chi connectivity index (χ2n) is 4.03. The predicted octanol–water partition coefficient (Wildman–Crippen LogP) is 0.428. The maximum atomic E-state index is 12.5. The number of pyridine rings is 1. The fourth-order valence-electron chi connectivity index (χ4n) is 1.60. The summed E-state index contributed by atoms with van der Waals surface area (Å²) >= 11 is 0. The van der Waals surface area contributed by atoms with Gasteiger partial charge in [0.05, 0.1) is 24.3 Å². The van der Waals surface area contributed by atoms with Gasteiger partial charge in [-0.1, -0.05) is 0 Å². The number of β-amino-alcohol motifs (C(OH)–C–C–N with tert-alkyl or cyclic N) is 1. The quantitative estimate of drug-likeness (QED) is 0.684. The Labute approximate surface area is 86.4 Å². The lowest BCUT2D eigenvalue weighted by atomic mass is 9.96. The highest BCUT2D eigenvalue weighted by Crippen LogP contribution is 2.21. The summed E-state index contributed by atoms with van der Waals surface area (Å²) in [7, 11) is 0. The van der Waals surface area contributed by atoms with Gasteiger partial charge < -0.3 is 10.0 Å². The molecule has 1 N–H and O–H groups in total. The molecular formula is C10H11FN2O2. The number of hydrogen-bond donors (Lipinski definition) is 1. The van der Waals surface area contributed by atoms with Crippen molar-refractivity contribution in [3.05, 3.63) is 29.8 Å². The van der Waals surface area contributed by atoms with Crippen LogP contribution in [0.2, 0.25) is 0 Å². The summed E-state index contributed by atoms with van der Waals surface area (Å²) in [5.74, 6) is -0.837. The average molecular weight is 210 g/mol. The summed E-state index contributed by atoms with van der Waals surface area (Å²) in [6.45, 7) is 2.28. The summed E-state index contributed by atoms with van der Waals surface area (Å²) in [5.41, 5.74) is -0.449. The van der Waals surface area contributed by atoms with Crippen molar-refractivity contribution in [2.45, 2.75) is 12.5 Å². The van der Waals surface area contributed by atoms with Gasteiger partial charge in [0.25, 0.3) is 5.91 Å². The van der Waals surface area contributed by atoms with E-state index in [0.29, 0.717) is 18.7 Å². The number of likely N-dealkylation sites (tertiary alicyclic amines) is 1. The topological polar surface area (TPSA) is 53.4 Å². The van der Waals surface area contributed by atoms with Gasteiger partial charge in [0.2, 0.25) is 5.95 Å². The van der Waals surface area contributed by atoms with E-state index < -0.39 is 11.5 Å². The minimum Gasteiger partial charge on any atom is -0.386 e. The molecule has 1 aliphatic heterocycles. The van der Waals surface area contributed by atoms with E-state index in [2.05, 4.69) is 4.98 Å². The van der Waals surface area contributed by atoms with E-state index in [1.807, 2.05) is 0 Å². The minimum atomic E-state index is -0.789. The van der Waals surface area contributed by atoms with Crippen LogP contribution in [-0.2, 0) is 0 Å². The summed E-state index contributed by atoms with van der Waals surface area (Å²) in [6, 6.07) is 2.53. The third kappa shape index (κ3) is 1.97. The minimum absolute atomic E-state index is 0.228. The molecule has 0 radical (unpaired) electrons. The van der Waals surface area contributed by atoms with Crippen molar-refractivity contribution in [3.8, 4) is 0 Å². The first-order chi connectivity index (χ1) is 6.98. The van der Waals surface area contributed by atoms with E-state index in [0.717, 1.165) is 6.07 Å². The molecule has 1 saturated heterocycles. The Balaban J connectivity index is 2.07. The normalized spacial score (nSPS) is 18.5. The van der Waals surface area contributed by atoms with E-state index in [-0.39, 0.29) is 5.91 Å². The van der Waals surface area contributed by atoms with Crippen molar-refractivity contribution in [1.82, 2.24) is 9.88 Å². The van der Waals surface area contributed by atoms with Gasteiger partial charge in [-0.05, 0) is 19.1 Å². The van der Waals surface area contributed by atoms with E-state index in [4.69, 9.17) is 0 Å². The van der Waals surface area contributed by atoms with Crippen molar-refractivity contribution in [3.63, 3.8) is 0 Å². The largest absolute Gasteiger partial charge is 0.386 e. The van der Waals surface area contributed by atoms with Gasteiger partial charge in [-0.2, -0.15) is 4.39 Å². The van der Waals surface area contributed by atoms with Gasteiger partial charge >= 0.3 is 0 Å². The maximum Gasteiger partial charge on any atom is 0.255 e. The first-order valence-corrected chi connectivity index (χ1v) is 4.61. The number of aliphatic hydroxyl groups is 1. The molecule has 0 aliphatic carbocycles. The molecule has 1 fully saturated rings. The van der Waals surface area contributed by atoms with E-state index in [1.165, 1.54) is 17.2 Å². The number of carbonyl (C=O) groups excluding carboxylic acids is 1. The molecule has 0 atom stereocenters. The Bertz CT molecular complexity index is 381. The first-order valence-electron chi connectivity index (χ1n) is 4.61. The van der Waals surface area contributed by atoms with Crippen molar-refractivity contribution < 1.29 is 14.3 Å². The van der Waals surface area contributed by atoms with E-state index >= 15 is 0 Å². The Hall–Kier alpha value is -1.49. The first kappa shape index (κ1) is 10.0. The van der Waals surface area contributed by atoms with Crippen LogP contribution in [-0.4, -0.2) is 39.6 Å². The molecule has 1 aromatic rings. The molecule has 1 aromatic heterocycles. The fourth-order valence-corrected chi connectivity index (χ4v) is 1.60. The molecule has 5 heteroatoms. The number of aromatic nitrogens is 1. The lowest BCUT2D eigenvalue weighted by Crippen LogP contribution is -2.61. The highest BCUT2D eigenvalue weighted by atomic mass is 19.1. The number of amides is 1. The predicted molar refractivity (Wildman–Crippen MR) is 50.7 cm³/mol. The molecule has 0 aromatic carbocycles. The number of hydrogen-bond acceptors (Lipinski definition) is 3. The van der Waals surface area contributed by atoms with Crippen LogP contribution in [0.25, 0.3) is 0 Å². The zero-order valence-electron chi connectivity index (χ0n) is 8.27. The van der Waals surface area contributed by atoms with Gasteiger partial charge in [-0.3, -0.25) is 4.79 Å². The van der Waals surface area contributed by atoms with Crippen molar-refractivity contribution >= 4 is 5.91 Å². The smallest absolute Gasteiger partial charge is 0.255 e. The average Bonchev–Trinajstić information content (AvgIpc) is 2.14. The monoisotopic (exact) mass is 210 g/mol. The van der Waals surface area contributed by atoms with Crippen LogP contribution >= 0.6 is 0 Å². The maximum absolute atomic E-state index is 12.5. The third-order valence-corrected chi connectivity index (χ3v) is 2.32. The molecule has 0 saturated carbocycles. The van der Waals surface area contributed by atoms with Crippen LogP contribution in [0.15, 0.2) is 18.3 Å². The van der Waals surface area contributed by atoms with Gasteiger partial charge in [0, 0.05) is 6.20 Å². The number of rotatable bonds is 1. The second-order valence-corrected chi connectivity index (χ2v) is 4.03. The molecule has 15 heavy (non-hydrogen) atoms. The van der Waals surface area contributed by atoms with Gasteiger partial charge in [0.15, 0.2) is 0 Å². The zero-order valence-corrected chi connectivity index (χ0v) is 8.27. The molecule has 80 valence electrons. The van der Waals surface area contributed by atoms with Crippen molar-refractivity contribution in [2.75, 3.05) is 13.1 Å². The molecular weight excluding hydrogens is 199 g/mol. The number of carbonyl (C=O) groups is 1. The molecule has 2 rings (SSSR count). The molecule has 0 unspecified atom stereocenters. The van der Waals surface area contributed by atoms with E-state index in [9.17, 15) is 14.3 Å². The Morgan fingerprint density at radius 3 is 2.73 bits per heavy atom. The second kappa shape index (κ2) is 3.27. The van der Waals surface area contributed by atoms with Crippen LogP contribution in [0.5, 0.6) is 0 Å². The molecule has 0 bridgehead atoms. The molecule has 0 spiro atoms. The zero-order chi connectivity index (χ0) is 11.1. The van der Waals surface area contributed by atoms with Gasteiger partial charge in [0.1, 0.15) is 0 Å². The lowest BCUT2D eigenvalue weighted by molar-refractivity contribution is -0.0668. The molecule has 1 amide bonds. The standard InChI is InChI=1S/C10H11FN2O2/c1-10(15)5-13(6-10)9(14)7-2-3-8(11)12-4-7/h2-4,15H,5-6H2,1H3. The number of halogens is 1. The van der Waals surface area contributed by atoms with E-state index in [1.54, 1.807) is 6.92 Å². The summed E-state index contributed by atoms with van der Waals surface area (Å²) in [6.07, 6.45) is 1.20. The van der Waals surface area contributed by atoms with Crippen LogP contribution < -0.4 is 0 Å². The Morgan fingerprint density at radius 2 is 2.27 bits per heavy atom. The van der Waals surface area contributed by atoms with Crippen LogP contribution in [0.1, 0.15) is 17.3 Å². The SMILES string of the molecule is CC1(O)CN(C(=O)c2ccc(F)nc2)C1. The Kier molecular flexibility index (Phi) is 2.19. The Morgan fingerprint density at radius 1 is 1.60 bits per heavy atom. The van der Waals surface area contributed by atoms with Crippen molar-refractivity contribution in [2.24, 2.45) is 0 Å².